The highest BCUT2D eigenvalue weighted by molar-refractivity contribution is 5.78. The van der Waals surface area contributed by atoms with E-state index in [1.165, 1.54) is 18.9 Å². The lowest BCUT2D eigenvalue weighted by Gasteiger charge is -2.34. The first-order valence-electron chi connectivity index (χ1n) is 6.96. The number of nitrogens with zero attached hydrogens (tertiary/aromatic N) is 1. The number of aromatic nitrogens is 1. The lowest BCUT2D eigenvalue weighted by atomic mass is 9.78. The summed E-state index contributed by atoms with van der Waals surface area (Å²) < 4.78 is 12.7. The van der Waals surface area contributed by atoms with E-state index in [2.05, 4.69) is 24.1 Å². The van der Waals surface area contributed by atoms with Crippen LogP contribution in [0.5, 0.6) is 0 Å². The van der Waals surface area contributed by atoms with Crippen molar-refractivity contribution in [1.29, 1.82) is 0 Å². The summed E-state index contributed by atoms with van der Waals surface area (Å²) in [6.45, 7) is 4.44. The van der Waals surface area contributed by atoms with Gasteiger partial charge in [0.25, 0.3) is 0 Å². The standard InChI is InChI=1S/C15H21FN2O/c1-10-4-3-5-14(11(10)2)18-15(19)8-13-7-6-12(16)9-17-13/h6-7,9-11,14H,3-5,8H2,1-2H3,(H,18,19)/t10-,11+,14-/m1/s1. The molecule has 19 heavy (non-hydrogen) atoms. The number of nitrogens with one attached hydrogen (secondary N) is 1. The van der Waals surface area contributed by atoms with E-state index >= 15 is 0 Å². The Balaban J connectivity index is 1.88. The highest BCUT2D eigenvalue weighted by atomic mass is 19.1. The lowest BCUT2D eigenvalue weighted by Crippen LogP contribution is -2.44. The molecule has 1 amide bonds. The minimum Gasteiger partial charge on any atom is -0.353 e. The summed E-state index contributed by atoms with van der Waals surface area (Å²) in [6, 6.07) is 3.15. The Morgan fingerprint density at radius 2 is 2.21 bits per heavy atom. The van der Waals surface area contributed by atoms with E-state index in [1.54, 1.807) is 6.07 Å². The minimum atomic E-state index is -0.376. The van der Waals surface area contributed by atoms with E-state index in [1.807, 2.05) is 0 Å². The van der Waals surface area contributed by atoms with Crippen LogP contribution in [0.25, 0.3) is 0 Å². The fraction of sp³-hybridized carbons (Fsp3) is 0.600. The fourth-order valence-electron chi connectivity index (χ4n) is 2.72. The Labute approximate surface area is 113 Å². The zero-order valence-electron chi connectivity index (χ0n) is 11.5. The highest BCUT2D eigenvalue weighted by Crippen LogP contribution is 2.29. The third kappa shape index (κ3) is 3.75. The molecule has 1 N–H and O–H groups in total. The van der Waals surface area contributed by atoms with E-state index in [0.29, 0.717) is 17.5 Å². The smallest absolute Gasteiger partial charge is 0.226 e. The molecule has 0 bridgehead atoms. The highest BCUT2D eigenvalue weighted by Gasteiger charge is 2.28. The van der Waals surface area contributed by atoms with Gasteiger partial charge in [0.15, 0.2) is 0 Å². The molecule has 1 aliphatic carbocycles. The van der Waals surface area contributed by atoms with Crippen LogP contribution in [0.15, 0.2) is 18.3 Å². The Morgan fingerprint density at radius 3 is 2.89 bits per heavy atom. The maximum absolute atomic E-state index is 12.7. The van der Waals surface area contributed by atoms with Gasteiger partial charge in [-0.05, 0) is 30.4 Å². The van der Waals surface area contributed by atoms with Crippen molar-refractivity contribution in [2.24, 2.45) is 11.8 Å². The molecule has 0 aliphatic heterocycles. The first kappa shape index (κ1) is 14.0. The summed E-state index contributed by atoms with van der Waals surface area (Å²) >= 11 is 0. The molecule has 0 radical (unpaired) electrons. The molecule has 3 atom stereocenters. The van der Waals surface area contributed by atoms with Gasteiger partial charge in [-0.15, -0.1) is 0 Å². The molecule has 3 nitrogen and oxygen atoms in total. The molecule has 1 aromatic heterocycles. The maximum Gasteiger partial charge on any atom is 0.226 e. The molecule has 104 valence electrons. The fourth-order valence-corrected chi connectivity index (χ4v) is 2.72. The molecule has 1 aromatic rings. The van der Waals surface area contributed by atoms with Crippen molar-refractivity contribution in [3.05, 3.63) is 29.8 Å². The molecular weight excluding hydrogens is 243 g/mol. The minimum absolute atomic E-state index is 0.0231. The molecule has 1 aliphatic rings. The Kier molecular flexibility index (Phi) is 4.51. The van der Waals surface area contributed by atoms with Gasteiger partial charge in [0, 0.05) is 11.7 Å². The predicted octanol–water partition coefficient (Wildman–Crippen LogP) is 2.70. The van der Waals surface area contributed by atoms with Crippen LogP contribution >= 0.6 is 0 Å². The van der Waals surface area contributed by atoms with E-state index in [0.717, 1.165) is 12.6 Å². The zero-order chi connectivity index (χ0) is 13.8. The number of carbonyl (C=O) groups is 1. The average molecular weight is 264 g/mol. The quantitative estimate of drug-likeness (QED) is 0.912. The molecule has 4 heteroatoms. The van der Waals surface area contributed by atoms with Gasteiger partial charge < -0.3 is 5.32 Å². The second-order valence-corrected chi connectivity index (χ2v) is 5.59. The summed E-state index contributed by atoms with van der Waals surface area (Å²) in [6.07, 6.45) is 4.83. The van der Waals surface area contributed by atoms with Crippen LogP contribution in [0.1, 0.15) is 38.8 Å². The van der Waals surface area contributed by atoms with Gasteiger partial charge in [-0.25, -0.2) is 4.39 Å². The first-order valence-corrected chi connectivity index (χ1v) is 6.96. The van der Waals surface area contributed by atoms with Crippen LogP contribution in [0.2, 0.25) is 0 Å². The van der Waals surface area contributed by atoms with E-state index in [9.17, 15) is 9.18 Å². The summed E-state index contributed by atoms with van der Waals surface area (Å²) in [5.74, 6) is 0.769. The zero-order valence-corrected chi connectivity index (χ0v) is 11.5. The molecular formula is C15H21FN2O. The molecule has 1 saturated carbocycles. The molecule has 0 aromatic carbocycles. The van der Waals surface area contributed by atoms with Crippen LogP contribution in [0.4, 0.5) is 4.39 Å². The van der Waals surface area contributed by atoms with E-state index in [-0.39, 0.29) is 24.2 Å². The van der Waals surface area contributed by atoms with Gasteiger partial charge in [0.2, 0.25) is 5.91 Å². The summed E-state index contributed by atoms with van der Waals surface area (Å²) in [5, 5.41) is 3.09. The number of pyridine rings is 1. The first-order chi connectivity index (χ1) is 9.06. The third-order valence-corrected chi connectivity index (χ3v) is 4.18. The number of halogens is 1. The largest absolute Gasteiger partial charge is 0.353 e. The van der Waals surface area contributed by atoms with Crippen molar-refractivity contribution >= 4 is 5.91 Å². The number of hydrogen-bond acceptors (Lipinski definition) is 2. The maximum atomic E-state index is 12.7. The van der Waals surface area contributed by atoms with Crippen LogP contribution < -0.4 is 5.32 Å². The number of rotatable bonds is 3. The molecule has 1 fully saturated rings. The molecule has 0 saturated heterocycles. The summed E-state index contributed by atoms with van der Waals surface area (Å²) in [4.78, 5) is 15.9. The van der Waals surface area contributed by atoms with E-state index < -0.39 is 0 Å². The van der Waals surface area contributed by atoms with Gasteiger partial charge >= 0.3 is 0 Å². The molecule has 0 spiro atoms. The SMILES string of the molecule is C[C@H]1[C@H](C)CCC[C@H]1NC(=O)Cc1ccc(F)cn1. The number of hydrogen-bond donors (Lipinski definition) is 1. The van der Waals surface area contributed by atoms with Crippen LogP contribution in [-0.2, 0) is 11.2 Å². The Bertz CT molecular complexity index is 432. The second kappa shape index (κ2) is 6.13. The summed E-state index contributed by atoms with van der Waals surface area (Å²) in [7, 11) is 0. The Morgan fingerprint density at radius 1 is 1.42 bits per heavy atom. The van der Waals surface area contributed by atoms with Gasteiger partial charge in [-0.3, -0.25) is 9.78 Å². The molecule has 1 heterocycles. The Hall–Kier alpha value is -1.45. The predicted molar refractivity (Wildman–Crippen MR) is 72.0 cm³/mol. The molecule has 0 unspecified atom stereocenters. The van der Waals surface area contributed by atoms with Gasteiger partial charge in [0.05, 0.1) is 12.6 Å². The average Bonchev–Trinajstić information content (AvgIpc) is 2.38. The van der Waals surface area contributed by atoms with E-state index in [4.69, 9.17) is 0 Å². The van der Waals surface area contributed by atoms with Crippen molar-refractivity contribution in [3.8, 4) is 0 Å². The van der Waals surface area contributed by atoms with Crippen molar-refractivity contribution in [3.63, 3.8) is 0 Å². The number of carbonyl (C=O) groups excluding carboxylic acids is 1. The van der Waals surface area contributed by atoms with Crippen molar-refractivity contribution in [2.45, 2.75) is 45.6 Å². The number of amides is 1. The third-order valence-electron chi connectivity index (χ3n) is 4.18. The van der Waals surface area contributed by atoms with Crippen LogP contribution in [0, 0.1) is 17.7 Å². The normalized spacial score (nSPS) is 27.0. The van der Waals surface area contributed by atoms with Crippen molar-refractivity contribution in [1.82, 2.24) is 10.3 Å². The van der Waals surface area contributed by atoms with Gasteiger partial charge in [0.1, 0.15) is 5.82 Å². The molecule has 2 rings (SSSR count). The van der Waals surface area contributed by atoms with Gasteiger partial charge in [-0.1, -0.05) is 26.7 Å². The summed E-state index contributed by atoms with van der Waals surface area (Å²) in [5.41, 5.74) is 0.607. The monoisotopic (exact) mass is 264 g/mol. The van der Waals surface area contributed by atoms with Crippen molar-refractivity contribution < 1.29 is 9.18 Å². The van der Waals surface area contributed by atoms with Crippen LogP contribution in [-0.4, -0.2) is 16.9 Å². The van der Waals surface area contributed by atoms with Crippen molar-refractivity contribution in [2.75, 3.05) is 0 Å². The topological polar surface area (TPSA) is 42.0 Å². The lowest BCUT2D eigenvalue weighted by molar-refractivity contribution is -0.121. The second-order valence-electron chi connectivity index (χ2n) is 5.59. The van der Waals surface area contributed by atoms with Gasteiger partial charge in [-0.2, -0.15) is 0 Å². The van der Waals surface area contributed by atoms with Crippen LogP contribution in [0.3, 0.4) is 0 Å².